The Hall–Kier alpha value is -1.60. The Morgan fingerprint density at radius 2 is 1.54 bits per heavy atom. The van der Waals surface area contributed by atoms with Crippen LogP contribution in [0.5, 0.6) is 0 Å². The van der Waals surface area contributed by atoms with Crippen molar-refractivity contribution in [1.29, 1.82) is 0 Å². The quantitative estimate of drug-likeness (QED) is 0.598. The first kappa shape index (κ1) is 17.2. The molecule has 1 heteroatoms. The molecule has 0 N–H and O–H groups in total. The highest BCUT2D eigenvalue weighted by Crippen LogP contribution is 2.24. The molecular formula is C23H31N. The second-order valence-electron chi connectivity index (χ2n) is 7.30. The normalized spacial score (nSPS) is 17.0. The molecule has 0 saturated heterocycles. The van der Waals surface area contributed by atoms with Gasteiger partial charge in [0.1, 0.15) is 0 Å². The summed E-state index contributed by atoms with van der Waals surface area (Å²) >= 11 is 0. The zero-order chi connectivity index (χ0) is 16.6. The van der Waals surface area contributed by atoms with Crippen LogP contribution in [0.15, 0.2) is 54.6 Å². The van der Waals surface area contributed by atoms with Crippen LogP contribution in [0.3, 0.4) is 0 Å². The van der Waals surface area contributed by atoms with E-state index < -0.39 is 0 Å². The monoisotopic (exact) mass is 321 g/mol. The number of aryl methyl sites for hydroxylation is 2. The Kier molecular flexibility index (Phi) is 6.48. The number of hydrogen-bond donors (Lipinski definition) is 0. The van der Waals surface area contributed by atoms with Gasteiger partial charge in [-0.3, -0.25) is 0 Å². The average molecular weight is 322 g/mol. The number of fused-ring (bicyclic) bond motifs is 1. The summed E-state index contributed by atoms with van der Waals surface area (Å²) < 4.78 is 0. The number of likely N-dealkylation sites (N-methyl/N-ethyl adjacent to an activating group) is 1. The van der Waals surface area contributed by atoms with E-state index >= 15 is 0 Å². The standard InChI is InChI=1S/C23H31N/c1-24(23-17-16-21-14-8-9-15-22(21)19-23)18-10-3-2-5-11-20-12-6-4-7-13-20/h4,6-9,12-15,23H,2-3,5,10-11,16-19H2,1H3. The van der Waals surface area contributed by atoms with Crippen molar-refractivity contribution in [2.24, 2.45) is 0 Å². The maximum Gasteiger partial charge on any atom is 0.0136 e. The lowest BCUT2D eigenvalue weighted by molar-refractivity contribution is 0.217. The zero-order valence-corrected chi connectivity index (χ0v) is 15.1. The fourth-order valence-corrected chi connectivity index (χ4v) is 3.93. The Morgan fingerprint density at radius 1 is 0.833 bits per heavy atom. The van der Waals surface area contributed by atoms with Crippen molar-refractivity contribution in [2.75, 3.05) is 13.6 Å². The fourth-order valence-electron chi connectivity index (χ4n) is 3.93. The Balaban J connectivity index is 1.31. The maximum absolute atomic E-state index is 2.60. The van der Waals surface area contributed by atoms with Gasteiger partial charge in [-0.2, -0.15) is 0 Å². The van der Waals surface area contributed by atoms with Gasteiger partial charge in [0, 0.05) is 6.04 Å². The van der Waals surface area contributed by atoms with Crippen LogP contribution in [0.25, 0.3) is 0 Å². The van der Waals surface area contributed by atoms with Crippen LogP contribution in [0.1, 0.15) is 48.8 Å². The highest BCUT2D eigenvalue weighted by molar-refractivity contribution is 5.30. The van der Waals surface area contributed by atoms with Crippen LogP contribution in [-0.2, 0) is 19.3 Å². The van der Waals surface area contributed by atoms with Gasteiger partial charge in [-0.15, -0.1) is 0 Å². The number of unbranched alkanes of at least 4 members (excludes halogenated alkanes) is 3. The highest BCUT2D eigenvalue weighted by atomic mass is 15.1. The minimum atomic E-state index is 0.740. The third-order valence-electron chi connectivity index (χ3n) is 5.51. The van der Waals surface area contributed by atoms with E-state index in [-0.39, 0.29) is 0 Å². The minimum absolute atomic E-state index is 0.740. The average Bonchev–Trinajstić information content (AvgIpc) is 2.65. The SMILES string of the molecule is CN(CCCCCCc1ccccc1)C1CCc2ccccc2C1. The van der Waals surface area contributed by atoms with Crippen molar-refractivity contribution >= 4 is 0 Å². The first-order valence-corrected chi connectivity index (χ1v) is 9.64. The lowest BCUT2D eigenvalue weighted by Crippen LogP contribution is -2.37. The highest BCUT2D eigenvalue weighted by Gasteiger charge is 2.21. The zero-order valence-electron chi connectivity index (χ0n) is 15.1. The van der Waals surface area contributed by atoms with Crippen molar-refractivity contribution in [3.05, 3.63) is 71.3 Å². The molecule has 2 aromatic carbocycles. The molecule has 0 bridgehead atoms. The molecule has 1 aliphatic rings. The number of benzene rings is 2. The van der Waals surface area contributed by atoms with Crippen LogP contribution < -0.4 is 0 Å². The lowest BCUT2D eigenvalue weighted by Gasteiger charge is -2.32. The molecule has 0 saturated carbocycles. The van der Waals surface area contributed by atoms with Crippen LogP contribution in [0.4, 0.5) is 0 Å². The van der Waals surface area contributed by atoms with E-state index in [9.17, 15) is 0 Å². The third kappa shape index (κ3) is 4.95. The Morgan fingerprint density at radius 3 is 2.38 bits per heavy atom. The van der Waals surface area contributed by atoms with Gasteiger partial charge in [-0.1, -0.05) is 67.4 Å². The van der Waals surface area contributed by atoms with Crippen LogP contribution in [-0.4, -0.2) is 24.5 Å². The largest absolute Gasteiger partial charge is 0.303 e. The van der Waals surface area contributed by atoms with Gasteiger partial charge in [0.2, 0.25) is 0 Å². The molecule has 1 aliphatic carbocycles. The first-order chi connectivity index (χ1) is 11.8. The fraction of sp³-hybridized carbons (Fsp3) is 0.478. The first-order valence-electron chi connectivity index (χ1n) is 9.64. The Bertz CT molecular complexity index is 604. The topological polar surface area (TPSA) is 3.24 Å². The molecule has 0 aromatic heterocycles. The molecule has 1 atom stereocenters. The summed E-state index contributed by atoms with van der Waals surface area (Å²) in [6, 6.07) is 20.6. The minimum Gasteiger partial charge on any atom is -0.303 e. The van der Waals surface area contributed by atoms with Gasteiger partial charge in [0.25, 0.3) is 0 Å². The van der Waals surface area contributed by atoms with E-state index in [4.69, 9.17) is 0 Å². The number of rotatable bonds is 8. The molecule has 1 unspecified atom stereocenters. The van der Waals surface area contributed by atoms with Crippen LogP contribution >= 0.6 is 0 Å². The van der Waals surface area contributed by atoms with E-state index in [2.05, 4.69) is 66.5 Å². The molecule has 24 heavy (non-hydrogen) atoms. The summed E-state index contributed by atoms with van der Waals surface area (Å²) in [5.74, 6) is 0. The summed E-state index contributed by atoms with van der Waals surface area (Å²) in [5.41, 5.74) is 4.63. The van der Waals surface area contributed by atoms with Gasteiger partial charge in [-0.25, -0.2) is 0 Å². The summed E-state index contributed by atoms with van der Waals surface area (Å²) in [6.45, 7) is 1.25. The molecule has 0 heterocycles. The molecule has 0 spiro atoms. The second kappa shape index (κ2) is 9.03. The van der Waals surface area contributed by atoms with Crippen molar-refractivity contribution < 1.29 is 0 Å². The van der Waals surface area contributed by atoms with Gasteiger partial charge in [0.05, 0.1) is 0 Å². The van der Waals surface area contributed by atoms with Crippen LogP contribution in [0, 0.1) is 0 Å². The van der Waals surface area contributed by atoms with Gasteiger partial charge in [0.15, 0.2) is 0 Å². The van der Waals surface area contributed by atoms with Crippen molar-refractivity contribution in [2.45, 2.75) is 57.4 Å². The molecule has 3 rings (SSSR count). The van der Waals surface area contributed by atoms with E-state index in [1.807, 2.05) is 0 Å². The van der Waals surface area contributed by atoms with E-state index in [0.29, 0.717) is 0 Å². The molecule has 1 nitrogen and oxygen atoms in total. The third-order valence-corrected chi connectivity index (χ3v) is 5.51. The molecular weight excluding hydrogens is 290 g/mol. The molecule has 0 aliphatic heterocycles. The van der Waals surface area contributed by atoms with Gasteiger partial charge in [-0.05, 0) is 68.8 Å². The predicted octanol–water partition coefficient (Wildman–Crippen LogP) is 5.28. The van der Waals surface area contributed by atoms with E-state index in [1.54, 1.807) is 11.1 Å². The summed E-state index contributed by atoms with van der Waals surface area (Å²) in [5, 5.41) is 0. The molecule has 0 fully saturated rings. The van der Waals surface area contributed by atoms with Gasteiger partial charge < -0.3 is 4.90 Å². The molecule has 0 amide bonds. The smallest absolute Gasteiger partial charge is 0.0136 e. The second-order valence-corrected chi connectivity index (χ2v) is 7.30. The summed E-state index contributed by atoms with van der Waals surface area (Å²) in [7, 11) is 2.32. The van der Waals surface area contributed by atoms with Crippen molar-refractivity contribution in [3.8, 4) is 0 Å². The summed E-state index contributed by atoms with van der Waals surface area (Å²) in [4.78, 5) is 2.60. The maximum atomic E-state index is 2.60. The summed E-state index contributed by atoms with van der Waals surface area (Å²) in [6.07, 6.45) is 10.4. The number of nitrogens with zero attached hydrogens (tertiary/aromatic N) is 1. The van der Waals surface area contributed by atoms with E-state index in [0.717, 1.165) is 6.04 Å². The number of hydrogen-bond acceptors (Lipinski definition) is 1. The van der Waals surface area contributed by atoms with Gasteiger partial charge >= 0.3 is 0 Å². The van der Waals surface area contributed by atoms with E-state index in [1.165, 1.54) is 63.5 Å². The van der Waals surface area contributed by atoms with Crippen LogP contribution in [0.2, 0.25) is 0 Å². The van der Waals surface area contributed by atoms with Crippen molar-refractivity contribution in [3.63, 3.8) is 0 Å². The molecule has 0 radical (unpaired) electrons. The molecule has 128 valence electrons. The molecule has 2 aromatic rings. The Labute approximate surface area is 147 Å². The predicted molar refractivity (Wildman–Crippen MR) is 103 cm³/mol. The lowest BCUT2D eigenvalue weighted by atomic mass is 9.87. The van der Waals surface area contributed by atoms with Crippen molar-refractivity contribution in [1.82, 2.24) is 4.90 Å².